The molecule has 1 N–H and O–H groups in total. The molecule has 0 bridgehead atoms. The first kappa shape index (κ1) is 12.8. The highest BCUT2D eigenvalue weighted by atomic mass is 16.5. The van der Waals surface area contributed by atoms with Crippen LogP contribution in [0.5, 0.6) is 0 Å². The SMILES string of the molecule is CC1(C)CCCC1N1CCOC(CC(=O)O)C1. The van der Waals surface area contributed by atoms with E-state index in [1.807, 2.05) is 0 Å². The normalized spacial score (nSPS) is 33.8. The Morgan fingerprint density at radius 2 is 2.29 bits per heavy atom. The molecule has 2 fully saturated rings. The maximum Gasteiger partial charge on any atom is 0.306 e. The van der Waals surface area contributed by atoms with E-state index in [4.69, 9.17) is 9.84 Å². The molecule has 2 unspecified atom stereocenters. The number of ether oxygens (including phenoxy) is 1. The van der Waals surface area contributed by atoms with Gasteiger partial charge in [0.25, 0.3) is 0 Å². The van der Waals surface area contributed by atoms with Crippen molar-refractivity contribution in [1.82, 2.24) is 4.90 Å². The monoisotopic (exact) mass is 241 g/mol. The van der Waals surface area contributed by atoms with Gasteiger partial charge in [0, 0.05) is 19.1 Å². The summed E-state index contributed by atoms with van der Waals surface area (Å²) >= 11 is 0. The zero-order valence-corrected chi connectivity index (χ0v) is 10.8. The van der Waals surface area contributed by atoms with Crippen LogP contribution in [0.15, 0.2) is 0 Å². The molecule has 0 aromatic rings. The van der Waals surface area contributed by atoms with Gasteiger partial charge in [0.1, 0.15) is 0 Å². The van der Waals surface area contributed by atoms with Crippen molar-refractivity contribution in [2.45, 2.75) is 51.7 Å². The maximum absolute atomic E-state index is 10.7. The fraction of sp³-hybridized carbons (Fsp3) is 0.923. The van der Waals surface area contributed by atoms with E-state index >= 15 is 0 Å². The van der Waals surface area contributed by atoms with Gasteiger partial charge < -0.3 is 9.84 Å². The van der Waals surface area contributed by atoms with Gasteiger partial charge in [-0.2, -0.15) is 0 Å². The van der Waals surface area contributed by atoms with Crippen LogP contribution in [0.2, 0.25) is 0 Å². The Morgan fingerprint density at radius 1 is 1.53 bits per heavy atom. The molecule has 1 saturated heterocycles. The van der Waals surface area contributed by atoms with Gasteiger partial charge in [0.15, 0.2) is 0 Å². The Balaban J connectivity index is 1.95. The minimum Gasteiger partial charge on any atom is -0.481 e. The maximum atomic E-state index is 10.7. The van der Waals surface area contributed by atoms with E-state index in [2.05, 4.69) is 18.7 Å². The van der Waals surface area contributed by atoms with E-state index in [-0.39, 0.29) is 12.5 Å². The molecule has 2 rings (SSSR count). The second kappa shape index (κ2) is 4.94. The minimum absolute atomic E-state index is 0.127. The van der Waals surface area contributed by atoms with Gasteiger partial charge in [0.05, 0.1) is 19.1 Å². The van der Waals surface area contributed by atoms with Gasteiger partial charge in [-0.25, -0.2) is 0 Å². The molecule has 4 nitrogen and oxygen atoms in total. The van der Waals surface area contributed by atoms with Crippen molar-refractivity contribution < 1.29 is 14.6 Å². The molecule has 4 heteroatoms. The van der Waals surface area contributed by atoms with Crippen LogP contribution < -0.4 is 0 Å². The van der Waals surface area contributed by atoms with Crippen molar-refractivity contribution in [2.75, 3.05) is 19.7 Å². The first-order valence-electron chi connectivity index (χ1n) is 6.56. The summed E-state index contributed by atoms with van der Waals surface area (Å²) in [6.07, 6.45) is 3.81. The number of carboxylic acid groups (broad SMARTS) is 1. The van der Waals surface area contributed by atoms with E-state index in [1.54, 1.807) is 0 Å². The predicted octanol–water partition coefficient (Wildman–Crippen LogP) is 1.74. The molecule has 1 heterocycles. The van der Waals surface area contributed by atoms with Crippen molar-refractivity contribution in [2.24, 2.45) is 5.41 Å². The second-order valence-corrected chi connectivity index (χ2v) is 5.98. The summed E-state index contributed by atoms with van der Waals surface area (Å²) < 4.78 is 5.52. The number of morpholine rings is 1. The number of hydrogen-bond acceptors (Lipinski definition) is 3. The van der Waals surface area contributed by atoms with Crippen LogP contribution in [-0.2, 0) is 9.53 Å². The third-order valence-corrected chi connectivity index (χ3v) is 4.21. The molecule has 1 aliphatic carbocycles. The molecule has 0 aromatic heterocycles. The molecule has 0 spiro atoms. The van der Waals surface area contributed by atoms with E-state index < -0.39 is 5.97 Å². The Bertz CT molecular complexity index is 290. The minimum atomic E-state index is -0.762. The summed E-state index contributed by atoms with van der Waals surface area (Å²) in [5, 5.41) is 8.82. The average Bonchev–Trinajstić information content (AvgIpc) is 2.57. The smallest absolute Gasteiger partial charge is 0.306 e. The molecule has 0 aromatic carbocycles. The van der Waals surface area contributed by atoms with Crippen LogP contribution in [0.1, 0.15) is 39.5 Å². The third-order valence-electron chi connectivity index (χ3n) is 4.21. The third kappa shape index (κ3) is 2.99. The van der Waals surface area contributed by atoms with Gasteiger partial charge in [0.2, 0.25) is 0 Å². The number of aliphatic carboxylic acids is 1. The number of rotatable bonds is 3. The van der Waals surface area contributed by atoms with Crippen LogP contribution >= 0.6 is 0 Å². The van der Waals surface area contributed by atoms with Crippen LogP contribution in [0.3, 0.4) is 0 Å². The highest BCUT2D eigenvalue weighted by Crippen LogP contribution is 2.41. The second-order valence-electron chi connectivity index (χ2n) is 5.98. The molecule has 1 saturated carbocycles. The van der Waals surface area contributed by atoms with E-state index in [0.717, 1.165) is 13.1 Å². The van der Waals surface area contributed by atoms with Crippen LogP contribution in [-0.4, -0.2) is 47.8 Å². The van der Waals surface area contributed by atoms with Crippen molar-refractivity contribution in [1.29, 1.82) is 0 Å². The quantitative estimate of drug-likeness (QED) is 0.817. The summed E-state index contributed by atoms with van der Waals surface area (Å²) in [6, 6.07) is 0.600. The summed E-state index contributed by atoms with van der Waals surface area (Å²) in [5.41, 5.74) is 0.366. The first-order valence-corrected chi connectivity index (χ1v) is 6.56. The Hall–Kier alpha value is -0.610. The number of carboxylic acids is 1. The molecule has 2 atom stereocenters. The van der Waals surface area contributed by atoms with E-state index in [0.29, 0.717) is 18.1 Å². The lowest BCUT2D eigenvalue weighted by Crippen LogP contribution is -2.51. The lowest BCUT2D eigenvalue weighted by Gasteiger charge is -2.42. The molecule has 98 valence electrons. The lowest BCUT2D eigenvalue weighted by molar-refractivity contribution is -0.143. The number of carbonyl (C=O) groups is 1. The summed E-state index contributed by atoms with van der Waals surface area (Å²) in [6.45, 7) is 7.05. The van der Waals surface area contributed by atoms with Crippen LogP contribution in [0, 0.1) is 5.41 Å². The fourth-order valence-corrected chi connectivity index (χ4v) is 3.33. The van der Waals surface area contributed by atoms with Gasteiger partial charge in [-0.05, 0) is 18.3 Å². The standard InChI is InChI=1S/C13H23NO3/c1-13(2)5-3-4-11(13)14-6-7-17-10(9-14)8-12(15)16/h10-11H,3-9H2,1-2H3,(H,15,16). The number of nitrogens with zero attached hydrogens (tertiary/aromatic N) is 1. The van der Waals surface area contributed by atoms with E-state index in [1.165, 1.54) is 19.3 Å². The van der Waals surface area contributed by atoms with Crippen molar-refractivity contribution >= 4 is 5.97 Å². The number of hydrogen-bond donors (Lipinski definition) is 1. The van der Waals surface area contributed by atoms with E-state index in [9.17, 15) is 4.79 Å². The zero-order chi connectivity index (χ0) is 12.5. The topological polar surface area (TPSA) is 49.8 Å². The molecule has 0 radical (unpaired) electrons. The van der Waals surface area contributed by atoms with Gasteiger partial charge >= 0.3 is 5.97 Å². The average molecular weight is 241 g/mol. The fourth-order valence-electron chi connectivity index (χ4n) is 3.33. The van der Waals surface area contributed by atoms with Crippen molar-refractivity contribution in [3.8, 4) is 0 Å². The summed E-state index contributed by atoms with van der Waals surface area (Å²) in [5.74, 6) is -0.762. The van der Waals surface area contributed by atoms with Crippen molar-refractivity contribution in [3.63, 3.8) is 0 Å². The molecule has 17 heavy (non-hydrogen) atoms. The first-order chi connectivity index (χ1) is 7.99. The van der Waals surface area contributed by atoms with Gasteiger partial charge in [-0.15, -0.1) is 0 Å². The molecule has 0 amide bonds. The van der Waals surface area contributed by atoms with Crippen LogP contribution in [0.4, 0.5) is 0 Å². The Kier molecular flexibility index (Phi) is 3.73. The van der Waals surface area contributed by atoms with Gasteiger partial charge in [-0.1, -0.05) is 20.3 Å². The Morgan fingerprint density at radius 3 is 2.88 bits per heavy atom. The molecular weight excluding hydrogens is 218 g/mol. The Labute approximate surface area is 103 Å². The zero-order valence-electron chi connectivity index (χ0n) is 10.8. The summed E-state index contributed by atoms with van der Waals surface area (Å²) in [4.78, 5) is 13.2. The highest BCUT2D eigenvalue weighted by molar-refractivity contribution is 5.67. The largest absolute Gasteiger partial charge is 0.481 e. The molecule has 1 aliphatic heterocycles. The predicted molar refractivity (Wildman–Crippen MR) is 65.0 cm³/mol. The van der Waals surface area contributed by atoms with Crippen LogP contribution in [0.25, 0.3) is 0 Å². The highest BCUT2D eigenvalue weighted by Gasteiger charge is 2.40. The van der Waals surface area contributed by atoms with Crippen molar-refractivity contribution in [3.05, 3.63) is 0 Å². The molecule has 2 aliphatic rings. The summed E-state index contributed by atoms with van der Waals surface area (Å²) in [7, 11) is 0. The van der Waals surface area contributed by atoms with Gasteiger partial charge in [-0.3, -0.25) is 9.69 Å². The molecular formula is C13H23NO3. The lowest BCUT2D eigenvalue weighted by atomic mass is 9.86.